The molecule has 1 atom stereocenters. The summed E-state index contributed by atoms with van der Waals surface area (Å²) in [7, 11) is 0. The fraction of sp³-hybridized carbons (Fsp3) is 0.438. The van der Waals surface area contributed by atoms with Gasteiger partial charge in [0.05, 0.1) is 18.7 Å². The summed E-state index contributed by atoms with van der Waals surface area (Å²) in [4.78, 5) is 14.3. The maximum Gasteiger partial charge on any atom is 0.233 e. The van der Waals surface area contributed by atoms with Crippen LogP contribution in [0, 0.1) is 6.92 Å². The first kappa shape index (κ1) is 15.0. The van der Waals surface area contributed by atoms with Crippen molar-refractivity contribution in [3.63, 3.8) is 0 Å². The molecular weight excluding hydrogens is 298 g/mol. The average Bonchev–Trinajstić information content (AvgIpc) is 3.03. The molecule has 0 bridgehead atoms. The molecule has 1 amide bonds. The first-order valence-corrected chi connectivity index (χ1v) is 8.41. The third kappa shape index (κ3) is 3.82. The van der Waals surface area contributed by atoms with Crippen LogP contribution in [-0.2, 0) is 11.2 Å². The Bertz CT molecular complexity index is 613. The Morgan fingerprint density at radius 2 is 2.32 bits per heavy atom. The number of carbonyl (C=O) groups is 1. The number of amides is 1. The standard InChI is InChI=1S/C16H19N3O2S/c1-12-4-5-15(18-17-12)21-14-3-2-7-19(10-14)16(20)9-13-6-8-22-11-13/h4-6,8,11,14H,2-3,7,9-10H2,1H3/t14-/m0/s1. The van der Waals surface area contributed by atoms with Gasteiger partial charge in [0.15, 0.2) is 0 Å². The minimum Gasteiger partial charge on any atom is -0.471 e. The van der Waals surface area contributed by atoms with Crippen molar-refractivity contribution >= 4 is 17.2 Å². The molecule has 116 valence electrons. The minimum absolute atomic E-state index is 0.00261. The van der Waals surface area contributed by atoms with Gasteiger partial charge in [-0.05, 0) is 48.2 Å². The Hall–Kier alpha value is -1.95. The Morgan fingerprint density at radius 1 is 1.41 bits per heavy atom. The van der Waals surface area contributed by atoms with Gasteiger partial charge < -0.3 is 9.64 Å². The van der Waals surface area contributed by atoms with Gasteiger partial charge in [0.2, 0.25) is 11.8 Å². The highest BCUT2D eigenvalue weighted by atomic mass is 32.1. The van der Waals surface area contributed by atoms with Gasteiger partial charge in [0.25, 0.3) is 0 Å². The first-order chi connectivity index (χ1) is 10.7. The molecule has 6 heteroatoms. The van der Waals surface area contributed by atoms with Crippen LogP contribution in [0.3, 0.4) is 0 Å². The Kier molecular flexibility index (Phi) is 4.68. The van der Waals surface area contributed by atoms with Crippen LogP contribution in [0.4, 0.5) is 0 Å². The molecule has 1 aliphatic rings. The molecule has 0 aliphatic carbocycles. The molecule has 2 aromatic rings. The lowest BCUT2D eigenvalue weighted by Crippen LogP contribution is -2.45. The van der Waals surface area contributed by atoms with Gasteiger partial charge in [0.1, 0.15) is 6.10 Å². The molecule has 0 aromatic carbocycles. The summed E-state index contributed by atoms with van der Waals surface area (Å²) < 4.78 is 5.86. The molecule has 1 aliphatic heterocycles. The van der Waals surface area contributed by atoms with E-state index in [1.807, 2.05) is 40.8 Å². The fourth-order valence-corrected chi connectivity index (χ4v) is 3.23. The monoisotopic (exact) mass is 317 g/mol. The molecular formula is C16H19N3O2S. The molecule has 0 spiro atoms. The van der Waals surface area contributed by atoms with Gasteiger partial charge in [0, 0.05) is 12.6 Å². The normalized spacial score (nSPS) is 18.2. The number of rotatable bonds is 4. The van der Waals surface area contributed by atoms with E-state index in [9.17, 15) is 4.79 Å². The number of aromatic nitrogens is 2. The van der Waals surface area contributed by atoms with Crippen molar-refractivity contribution in [3.8, 4) is 5.88 Å². The van der Waals surface area contributed by atoms with Crippen molar-refractivity contribution in [1.82, 2.24) is 15.1 Å². The van der Waals surface area contributed by atoms with E-state index < -0.39 is 0 Å². The third-order valence-electron chi connectivity index (χ3n) is 3.73. The van der Waals surface area contributed by atoms with Crippen molar-refractivity contribution in [2.75, 3.05) is 13.1 Å². The van der Waals surface area contributed by atoms with Crippen LogP contribution in [-0.4, -0.2) is 40.2 Å². The summed E-state index contributed by atoms with van der Waals surface area (Å²) in [6.45, 7) is 3.32. The predicted molar refractivity (Wildman–Crippen MR) is 85.0 cm³/mol. The largest absolute Gasteiger partial charge is 0.471 e. The van der Waals surface area contributed by atoms with Crippen molar-refractivity contribution < 1.29 is 9.53 Å². The number of ether oxygens (including phenoxy) is 1. The highest BCUT2D eigenvalue weighted by Gasteiger charge is 2.25. The second kappa shape index (κ2) is 6.87. The smallest absolute Gasteiger partial charge is 0.233 e. The lowest BCUT2D eigenvalue weighted by atomic mass is 10.1. The van der Waals surface area contributed by atoms with Crippen LogP contribution in [0.2, 0.25) is 0 Å². The molecule has 3 rings (SSSR count). The quantitative estimate of drug-likeness (QED) is 0.869. The molecule has 3 heterocycles. The van der Waals surface area contributed by atoms with Gasteiger partial charge in [-0.1, -0.05) is 0 Å². The molecule has 0 N–H and O–H groups in total. The minimum atomic E-state index is -0.00261. The van der Waals surface area contributed by atoms with Crippen LogP contribution >= 0.6 is 11.3 Å². The molecule has 1 saturated heterocycles. The van der Waals surface area contributed by atoms with Crippen molar-refractivity contribution in [2.24, 2.45) is 0 Å². The lowest BCUT2D eigenvalue weighted by Gasteiger charge is -2.32. The molecule has 22 heavy (non-hydrogen) atoms. The summed E-state index contributed by atoms with van der Waals surface area (Å²) >= 11 is 1.62. The highest BCUT2D eigenvalue weighted by molar-refractivity contribution is 7.07. The number of likely N-dealkylation sites (tertiary alicyclic amines) is 1. The molecule has 5 nitrogen and oxygen atoms in total. The van der Waals surface area contributed by atoms with Gasteiger partial charge in [-0.25, -0.2) is 0 Å². The van der Waals surface area contributed by atoms with Crippen LogP contribution in [0.1, 0.15) is 24.1 Å². The number of piperidine rings is 1. The Balaban J connectivity index is 1.56. The summed E-state index contributed by atoms with van der Waals surface area (Å²) in [5.41, 5.74) is 1.95. The fourth-order valence-electron chi connectivity index (χ4n) is 2.56. The van der Waals surface area contributed by atoms with E-state index in [1.165, 1.54) is 0 Å². The zero-order chi connectivity index (χ0) is 15.4. The molecule has 0 radical (unpaired) electrons. The van der Waals surface area contributed by atoms with Gasteiger partial charge >= 0.3 is 0 Å². The number of thiophene rings is 1. The van der Waals surface area contributed by atoms with Gasteiger partial charge in [-0.3, -0.25) is 4.79 Å². The van der Waals surface area contributed by atoms with Crippen molar-refractivity contribution in [1.29, 1.82) is 0 Å². The van der Waals surface area contributed by atoms with Crippen LogP contribution in [0.5, 0.6) is 5.88 Å². The van der Waals surface area contributed by atoms with E-state index in [2.05, 4.69) is 10.2 Å². The van der Waals surface area contributed by atoms with E-state index in [0.29, 0.717) is 18.8 Å². The zero-order valence-corrected chi connectivity index (χ0v) is 13.4. The maximum absolute atomic E-state index is 12.4. The second-order valence-corrected chi connectivity index (χ2v) is 6.32. The van der Waals surface area contributed by atoms with E-state index in [0.717, 1.165) is 30.6 Å². The number of carbonyl (C=O) groups excluding carboxylic acids is 1. The van der Waals surface area contributed by atoms with Crippen molar-refractivity contribution in [2.45, 2.75) is 32.3 Å². The zero-order valence-electron chi connectivity index (χ0n) is 12.6. The van der Waals surface area contributed by atoms with E-state index in [1.54, 1.807) is 11.3 Å². The topological polar surface area (TPSA) is 55.3 Å². The Labute approximate surface area is 133 Å². The van der Waals surface area contributed by atoms with Crippen LogP contribution in [0.15, 0.2) is 29.0 Å². The van der Waals surface area contributed by atoms with E-state index in [4.69, 9.17) is 4.74 Å². The summed E-state index contributed by atoms with van der Waals surface area (Å²) in [5, 5.41) is 12.0. The third-order valence-corrected chi connectivity index (χ3v) is 4.46. The number of hydrogen-bond donors (Lipinski definition) is 0. The summed E-state index contributed by atoms with van der Waals surface area (Å²) in [5.74, 6) is 0.699. The SMILES string of the molecule is Cc1ccc(O[C@H]2CCCN(C(=O)Cc3ccsc3)C2)nn1. The second-order valence-electron chi connectivity index (χ2n) is 5.54. The Morgan fingerprint density at radius 3 is 3.05 bits per heavy atom. The summed E-state index contributed by atoms with van der Waals surface area (Å²) in [6.07, 6.45) is 2.37. The average molecular weight is 317 g/mol. The summed E-state index contributed by atoms with van der Waals surface area (Å²) in [6, 6.07) is 5.71. The first-order valence-electron chi connectivity index (χ1n) is 7.46. The predicted octanol–water partition coefficient (Wildman–Crippen LogP) is 2.46. The number of aryl methyl sites for hydroxylation is 1. The van der Waals surface area contributed by atoms with Gasteiger partial charge in [-0.15, -0.1) is 5.10 Å². The maximum atomic E-state index is 12.4. The number of nitrogens with zero attached hydrogens (tertiary/aromatic N) is 3. The number of hydrogen-bond acceptors (Lipinski definition) is 5. The molecule has 0 unspecified atom stereocenters. The highest BCUT2D eigenvalue weighted by Crippen LogP contribution is 2.18. The van der Waals surface area contributed by atoms with E-state index >= 15 is 0 Å². The molecule has 0 saturated carbocycles. The van der Waals surface area contributed by atoms with Crippen LogP contribution in [0.25, 0.3) is 0 Å². The molecule has 2 aromatic heterocycles. The lowest BCUT2D eigenvalue weighted by molar-refractivity contribution is -0.133. The van der Waals surface area contributed by atoms with Gasteiger partial charge in [-0.2, -0.15) is 16.4 Å². The van der Waals surface area contributed by atoms with E-state index in [-0.39, 0.29) is 12.0 Å². The van der Waals surface area contributed by atoms with Crippen LogP contribution < -0.4 is 4.74 Å². The molecule has 1 fully saturated rings. The van der Waals surface area contributed by atoms with Crippen molar-refractivity contribution in [3.05, 3.63) is 40.2 Å².